The van der Waals surface area contributed by atoms with Crippen LogP contribution in [-0.4, -0.2) is 11.3 Å². The molecule has 0 bridgehead atoms. The van der Waals surface area contributed by atoms with E-state index in [4.69, 9.17) is 23.2 Å². The van der Waals surface area contributed by atoms with Crippen molar-refractivity contribution in [3.05, 3.63) is 56.5 Å². The van der Waals surface area contributed by atoms with Gasteiger partial charge in [-0.15, -0.1) is 0 Å². The molecule has 98 valence electrons. The summed E-state index contributed by atoms with van der Waals surface area (Å²) in [6.45, 7) is 0. The molecule has 0 aliphatic carbocycles. The zero-order valence-electron chi connectivity index (χ0n) is 9.57. The summed E-state index contributed by atoms with van der Waals surface area (Å²) >= 11 is 15.0. The molecule has 2 aromatic rings. The largest absolute Gasteiger partial charge is 0.507 e. The first-order chi connectivity index (χ1) is 9.06. The molecule has 0 amide bonds. The molecular weight excluding hydrogens is 351 g/mol. The molecule has 0 aliphatic heterocycles. The standard InChI is InChI=1S/C13H9BrCl2N2O/c14-9-1-4-13(19)8(5-9)7-17-18-10-2-3-11(15)12(16)6-10/h1-7,18-19H. The SMILES string of the molecule is Oc1ccc(Br)cc1C=NNc1ccc(Cl)c(Cl)c1. The smallest absolute Gasteiger partial charge is 0.124 e. The number of phenols is 1. The lowest BCUT2D eigenvalue weighted by Crippen LogP contribution is -1.91. The van der Waals surface area contributed by atoms with Crippen molar-refractivity contribution < 1.29 is 5.11 Å². The second-order valence-electron chi connectivity index (χ2n) is 3.70. The summed E-state index contributed by atoms with van der Waals surface area (Å²) in [5.74, 6) is 0.155. The first kappa shape index (κ1) is 14.2. The lowest BCUT2D eigenvalue weighted by molar-refractivity contribution is 0.474. The highest BCUT2D eigenvalue weighted by atomic mass is 79.9. The predicted octanol–water partition coefficient (Wildman–Crippen LogP) is 4.91. The Labute approximate surface area is 129 Å². The molecule has 2 N–H and O–H groups in total. The average molecular weight is 360 g/mol. The maximum atomic E-state index is 9.63. The average Bonchev–Trinajstić information content (AvgIpc) is 2.38. The summed E-state index contributed by atoms with van der Waals surface area (Å²) in [7, 11) is 0. The van der Waals surface area contributed by atoms with Gasteiger partial charge in [0.15, 0.2) is 0 Å². The van der Waals surface area contributed by atoms with Gasteiger partial charge in [-0.3, -0.25) is 5.43 Å². The van der Waals surface area contributed by atoms with Crippen LogP contribution < -0.4 is 5.43 Å². The number of hydrogen-bond donors (Lipinski definition) is 2. The molecule has 0 unspecified atom stereocenters. The molecule has 0 saturated heterocycles. The fourth-order valence-corrected chi connectivity index (χ4v) is 2.05. The van der Waals surface area contributed by atoms with E-state index < -0.39 is 0 Å². The van der Waals surface area contributed by atoms with Gasteiger partial charge in [-0.2, -0.15) is 5.10 Å². The maximum absolute atomic E-state index is 9.63. The molecule has 0 aliphatic rings. The Morgan fingerprint density at radius 3 is 2.63 bits per heavy atom. The highest BCUT2D eigenvalue weighted by Gasteiger charge is 2.00. The molecular formula is C13H9BrCl2N2O. The molecule has 19 heavy (non-hydrogen) atoms. The number of nitrogens with zero attached hydrogens (tertiary/aromatic N) is 1. The van der Waals surface area contributed by atoms with Gasteiger partial charge in [0.1, 0.15) is 5.75 Å². The van der Waals surface area contributed by atoms with E-state index in [1.807, 2.05) is 0 Å². The zero-order valence-corrected chi connectivity index (χ0v) is 12.7. The Morgan fingerprint density at radius 2 is 1.89 bits per heavy atom. The zero-order chi connectivity index (χ0) is 13.8. The van der Waals surface area contributed by atoms with Crippen LogP contribution in [-0.2, 0) is 0 Å². The van der Waals surface area contributed by atoms with Crippen molar-refractivity contribution in [1.82, 2.24) is 0 Å². The van der Waals surface area contributed by atoms with E-state index in [1.165, 1.54) is 6.21 Å². The predicted molar refractivity (Wildman–Crippen MR) is 83.5 cm³/mol. The molecule has 0 fully saturated rings. The van der Waals surface area contributed by atoms with E-state index in [-0.39, 0.29) is 5.75 Å². The maximum Gasteiger partial charge on any atom is 0.124 e. The highest BCUT2D eigenvalue weighted by molar-refractivity contribution is 9.10. The summed E-state index contributed by atoms with van der Waals surface area (Å²) in [6.07, 6.45) is 1.52. The van der Waals surface area contributed by atoms with Gasteiger partial charge in [0.25, 0.3) is 0 Å². The number of anilines is 1. The third-order valence-electron chi connectivity index (χ3n) is 2.31. The van der Waals surface area contributed by atoms with Crippen molar-refractivity contribution in [2.75, 3.05) is 5.43 Å². The summed E-state index contributed by atoms with van der Waals surface area (Å²) in [6, 6.07) is 10.2. The molecule has 0 aromatic heterocycles. The van der Waals surface area contributed by atoms with Gasteiger partial charge in [-0.25, -0.2) is 0 Å². The van der Waals surface area contributed by atoms with Gasteiger partial charge >= 0.3 is 0 Å². The van der Waals surface area contributed by atoms with Crippen LogP contribution >= 0.6 is 39.1 Å². The minimum Gasteiger partial charge on any atom is -0.507 e. The van der Waals surface area contributed by atoms with Gasteiger partial charge < -0.3 is 5.11 Å². The Balaban J connectivity index is 2.11. The van der Waals surface area contributed by atoms with E-state index in [2.05, 4.69) is 26.5 Å². The normalized spacial score (nSPS) is 10.9. The van der Waals surface area contributed by atoms with E-state index in [1.54, 1.807) is 36.4 Å². The van der Waals surface area contributed by atoms with Crippen molar-refractivity contribution in [3.63, 3.8) is 0 Å². The van der Waals surface area contributed by atoms with E-state index >= 15 is 0 Å². The number of hydrazone groups is 1. The van der Waals surface area contributed by atoms with Crippen molar-refractivity contribution in [2.24, 2.45) is 5.10 Å². The molecule has 6 heteroatoms. The number of halogens is 3. The molecule has 0 saturated carbocycles. The molecule has 0 spiro atoms. The summed E-state index contributed by atoms with van der Waals surface area (Å²) < 4.78 is 0.862. The molecule has 0 heterocycles. The molecule has 0 atom stereocenters. The Kier molecular flexibility index (Phi) is 4.69. The second-order valence-corrected chi connectivity index (χ2v) is 5.43. The summed E-state index contributed by atoms with van der Waals surface area (Å²) in [5.41, 5.74) is 4.12. The number of rotatable bonds is 3. The minimum absolute atomic E-state index is 0.155. The Bertz CT molecular complexity index is 632. The first-order valence-electron chi connectivity index (χ1n) is 5.29. The van der Waals surface area contributed by atoms with Crippen LogP contribution in [0.4, 0.5) is 5.69 Å². The quantitative estimate of drug-likeness (QED) is 0.604. The fourth-order valence-electron chi connectivity index (χ4n) is 1.37. The van der Waals surface area contributed by atoms with Crippen molar-refractivity contribution >= 4 is 51.0 Å². The van der Waals surface area contributed by atoms with Crippen molar-refractivity contribution in [1.29, 1.82) is 0 Å². The van der Waals surface area contributed by atoms with Gasteiger partial charge in [-0.1, -0.05) is 39.1 Å². The van der Waals surface area contributed by atoms with Gasteiger partial charge in [0.05, 0.1) is 21.9 Å². The van der Waals surface area contributed by atoms with E-state index in [0.29, 0.717) is 21.3 Å². The lowest BCUT2D eigenvalue weighted by Gasteiger charge is -2.03. The number of aromatic hydroxyl groups is 1. The first-order valence-corrected chi connectivity index (χ1v) is 6.84. The number of hydrogen-bond acceptors (Lipinski definition) is 3. The van der Waals surface area contributed by atoms with Crippen LogP contribution in [0.1, 0.15) is 5.56 Å². The van der Waals surface area contributed by atoms with Crippen molar-refractivity contribution in [3.8, 4) is 5.75 Å². The van der Waals surface area contributed by atoms with Crippen molar-refractivity contribution in [2.45, 2.75) is 0 Å². The minimum atomic E-state index is 0.155. The number of nitrogens with one attached hydrogen (secondary N) is 1. The van der Waals surface area contributed by atoms with Gasteiger partial charge in [0, 0.05) is 10.0 Å². The monoisotopic (exact) mass is 358 g/mol. The molecule has 2 rings (SSSR count). The van der Waals surface area contributed by atoms with Crippen LogP contribution in [0.2, 0.25) is 10.0 Å². The molecule has 2 aromatic carbocycles. The van der Waals surface area contributed by atoms with Crippen LogP contribution in [0.3, 0.4) is 0 Å². The number of phenolic OH excluding ortho intramolecular Hbond substituents is 1. The Hall–Kier alpha value is -1.23. The van der Waals surface area contributed by atoms with Crippen LogP contribution in [0.15, 0.2) is 46.0 Å². The van der Waals surface area contributed by atoms with Crippen LogP contribution in [0, 0.1) is 0 Å². The van der Waals surface area contributed by atoms with Crippen LogP contribution in [0.25, 0.3) is 0 Å². The van der Waals surface area contributed by atoms with Gasteiger partial charge in [0.2, 0.25) is 0 Å². The topological polar surface area (TPSA) is 44.6 Å². The van der Waals surface area contributed by atoms with Gasteiger partial charge in [-0.05, 0) is 36.4 Å². The second kappa shape index (κ2) is 6.28. The summed E-state index contributed by atoms with van der Waals surface area (Å²) in [5, 5.41) is 14.6. The van der Waals surface area contributed by atoms with Crippen LogP contribution in [0.5, 0.6) is 5.75 Å². The van der Waals surface area contributed by atoms with E-state index in [9.17, 15) is 5.11 Å². The highest BCUT2D eigenvalue weighted by Crippen LogP contribution is 2.25. The summed E-state index contributed by atoms with van der Waals surface area (Å²) in [4.78, 5) is 0. The van der Waals surface area contributed by atoms with E-state index in [0.717, 1.165) is 4.47 Å². The lowest BCUT2D eigenvalue weighted by atomic mass is 10.2. The fraction of sp³-hybridized carbons (Fsp3) is 0. The third kappa shape index (κ3) is 3.86. The number of benzene rings is 2. The third-order valence-corrected chi connectivity index (χ3v) is 3.54. The Morgan fingerprint density at radius 1 is 1.11 bits per heavy atom. The molecule has 0 radical (unpaired) electrons. The molecule has 3 nitrogen and oxygen atoms in total.